The van der Waals surface area contributed by atoms with Crippen LogP contribution in [0.3, 0.4) is 0 Å². The third-order valence-corrected chi connectivity index (χ3v) is 8.55. The maximum Gasteiger partial charge on any atom is 0.279 e. The second-order valence-electron chi connectivity index (χ2n) is 6.50. The van der Waals surface area contributed by atoms with Gasteiger partial charge in [-0.1, -0.05) is 32.0 Å². The average Bonchev–Trinajstić information content (AvgIpc) is 3.00. The number of aryl methyl sites for hydroxylation is 1. The maximum absolute atomic E-state index is 12.1. The number of anilines is 1. The zero-order valence-electron chi connectivity index (χ0n) is 16.4. The van der Waals surface area contributed by atoms with E-state index in [4.69, 9.17) is 4.98 Å². The first-order chi connectivity index (χ1) is 13.5. The number of fused-ring (bicyclic) bond motifs is 3. The summed E-state index contributed by atoms with van der Waals surface area (Å²) >= 11 is 3.63. The molecular weight excluding hydrogens is 412 g/mol. The lowest BCUT2D eigenvalue weighted by atomic mass is 10.1. The Balaban J connectivity index is 1.48. The van der Waals surface area contributed by atoms with E-state index in [1.165, 1.54) is 19.6 Å². The monoisotopic (exact) mass is 440 g/mol. The molecule has 2 heterocycles. The van der Waals surface area contributed by atoms with Crippen molar-refractivity contribution in [3.05, 3.63) is 29.1 Å². The molecule has 0 amide bonds. The highest BCUT2D eigenvalue weighted by atomic mass is 32.2. The van der Waals surface area contributed by atoms with Gasteiger partial charge < -0.3 is 5.32 Å². The summed E-state index contributed by atoms with van der Waals surface area (Å²) in [6.45, 7) is 5.92. The molecule has 2 N–H and O–H groups in total. The number of rotatable bonds is 10. The van der Waals surface area contributed by atoms with E-state index in [0.717, 1.165) is 42.4 Å². The highest BCUT2D eigenvalue weighted by molar-refractivity contribution is 7.99. The van der Waals surface area contributed by atoms with Crippen LogP contribution in [0.25, 0.3) is 11.3 Å². The second-order valence-corrected chi connectivity index (χ2v) is 10.5. The van der Waals surface area contributed by atoms with Crippen molar-refractivity contribution in [3.8, 4) is 11.3 Å². The minimum absolute atomic E-state index is 0.458. The molecule has 1 aromatic carbocycles. The molecule has 0 atom stereocenters. The van der Waals surface area contributed by atoms with Crippen molar-refractivity contribution in [2.45, 2.75) is 38.0 Å². The first-order valence-corrected chi connectivity index (χ1v) is 13.0. The van der Waals surface area contributed by atoms with Gasteiger partial charge in [0, 0.05) is 47.3 Å². The molecule has 9 heteroatoms. The van der Waals surface area contributed by atoms with Gasteiger partial charge in [-0.15, -0.1) is 23.1 Å². The van der Waals surface area contributed by atoms with Crippen molar-refractivity contribution < 1.29 is 8.42 Å². The topological polar surface area (TPSA) is 74.3 Å². The van der Waals surface area contributed by atoms with Crippen LogP contribution in [0.5, 0.6) is 0 Å². The molecular formula is C19H28N4O2S3. The zero-order valence-corrected chi connectivity index (χ0v) is 18.9. The molecule has 0 aliphatic carbocycles. The van der Waals surface area contributed by atoms with Crippen LogP contribution in [0.4, 0.5) is 5.13 Å². The standard InChI is InChI=1S/C19H28N4O2S3/c1-3-23(4-2)28(24,25)21-13-8-7-12-20-19-22-18-15-9-5-6-10-16(15)26-14-11-17(18)27-19/h5-6,9-10,21H,3-4,7-8,11-14H2,1-2H3,(H,20,22). The summed E-state index contributed by atoms with van der Waals surface area (Å²) in [6, 6.07) is 8.47. The third-order valence-electron chi connectivity index (χ3n) is 4.64. The van der Waals surface area contributed by atoms with Gasteiger partial charge >= 0.3 is 0 Å². The largest absolute Gasteiger partial charge is 0.361 e. The maximum atomic E-state index is 12.1. The van der Waals surface area contributed by atoms with Gasteiger partial charge in [0.05, 0.1) is 5.69 Å². The van der Waals surface area contributed by atoms with E-state index in [1.807, 2.05) is 25.6 Å². The van der Waals surface area contributed by atoms with Gasteiger partial charge in [0.25, 0.3) is 10.2 Å². The molecule has 0 unspecified atom stereocenters. The van der Waals surface area contributed by atoms with Gasteiger partial charge in [0.1, 0.15) is 0 Å². The number of hydrogen-bond acceptors (Lipinski definition) is 6. The molecule has 154 valence electrons. The van der Waals surface area contributed by atoms with E-state index in [1.54, 1.807) is 11.3 Å². The van der Waals surface area contributed by atoms with E-state index in [9.17, 15) is 8.42 Å². The number of unbranched alkanes of at least 4 members (excludes halogenated alkanes) is 1. The second kappa shape index (κ2) is 10.1. The van der Waals surface area contributed by atoms with Crippen molar-refractivity contribution in [2.24, 2.45) is 0 Å². The smallest absolute Gasteiger partial charge is 0.279 e. The molecule has 1 aliphatic rings. The van der Waals surface area contributed by atoms with Gasteiger partial charge in [0.2, 0.25) is 0 Å². The highest BCUT2D eigenvalue weighted by Gasteiger charge is 2.19. The van der Waals surface area contributed by atoms with E-state index in [0.29, 0.717) is 19.6 Å². The number of thioether (sulfide) groups is 1. The first-order valence-electron chi connectivity index (χ1n) is 9.75. The molecule has 0 saturated heterocycles. The Bertz CT molecular complexity index is 879. The quantitative estimate of drug-likeness (QED) is 0.549. The summed E-state index contributed by atoms with van der Waals surface area (Å²) in [7, 11) is -3.35. The van der Waals surface area contributed by atoms with E-state index in [-0.39, 0.29) is 0 Å². The van der Waals surface area contributed by atoms with Gasteiger partial charge in [-0.25, -0.2) is 9.71 Å². The predicted molar refractivity (Wildman–Crippen MR) is 120 cm³/mol. The Morgan fingerprint density at radius 1 is 1.14 bits per heavy atom. The minimum atomic E-state index is -3.35. The molecule has 0 fully saturated rings. The Labute approximate surface area is 176 Å². The molecule has 0 spiro atoms. The van der Waals surface area contributed by atoms with Gasteiger partial charge in [-0.3, -0.25) is 0 Å². The number of nitrogens with one attached hydrogen (secondary N) is 2. The summed E-state index contributed by atoms with van der Waals surface area (Å²) in [5.74, 6) is 1.08. The molecule has 28 heavy (non-hydrogen) atoms. The van der Waals surface area contributed by atoms with Gasteiger partial charge in [0.15, 0.2) is 5.13 Å². The third kappa shape index (κ3) is 5.27. The number of thiazole rings is 1. The van der Waals surface area contributed by atoms with E-state index in [2.05, 4.69) is 34.3 Å². The van der Waals surface area contributed by atoms with Crippen molar-refractivity contribution in [1.29, 1.82) is 0 Å². The summed E-state index contributed by atoms with van der Waals surface area (Å²) in [4.78, 5) is 7.47. The Hall–Kier alpha value is -1.13. The SMILES string of the molecule is CCN(CC)S(=O)(=O)NCCCCNc1nc2c(s1)CCSc1ccccc1-2. The van der Waals surface area contributed by atoms with Crippen molar-refractivity contribution >= 4 is 38.4 Å². The van der Waals surface area contributed by atoms with Crippen LogP contribution >= 0.6 is 23.1 Å². The summed E-state index contributed by atoms with van der Waals surface area (Å²) < 4.78 is 28.3. The average molecular weight is 441 g/mol. The number of nitrogens with zero attached hydrogens (tertiary/aromatic N) is 2. The molecule has 1 aromatic heterocycles. The summed E-state index contributed by atoms with van der Waals surface area (Å²) in [6.07, 6.45) is 2.72. The zero-order chi connectivity index (χ0) is 20.0. The molecule has 1 aliphatic heterocycles. The number of aromatic nitrogens is 1. The van der Waals surface area contributed by atoms with E-state index >= 15 is 0 Å². The molecule has 3 rings (SSSR count). The van der Waals surface area contributed by atoms with Crippen LogP contribution in [0, 0.1) is 0 Å². The summed E-state index contributed by atoms with van der Waals surface area (Å²) in [5.41, 5.74) is 2.34. The van der Waals surface area contributed by atoms with Crippen LogP contribution in [0.2, 0.25) is 0 Å². The Kier molecular flexibility index (Phi) is 7.76. The van der Waals surface area contributed by atoms with Gasteiger partial charge in [-0.2, -0.15) is 12.7 Å². The van der Waals surface area contributed by atoms with Crippen LogP contribution < -0.4 is 10.0 Å². The molecule has 0 bridgehead atoms. The lowest BCUT2D eigenvalue weighted by Gasteiger charge is -2.18. The lowest BCUT2D eigenvalue weighted by molar-refractivity contribution is 0.434. The van der Waals surface area contributed by atoms with E-state index < -0.39 is 10.2 Å². The molecule has 0 radical (unpaired) electrons. The fourth-order valence-corrected chi connectivity index (χ4v) is 6.57. The highest BCUT2D eigenvalue weighted by Crippen LogP contribution is 2.40. The fourth-order valence-electron chi connectivity index (χ4n) is 3.15. The number of benzene rings is 1. The van der Waals surface area contributed by atoms with Crippen molar-refractivity contribution in [2.75, 3.05) is 37.2 Å². The van der Waals surface area contributed by atoms with Crippen LogP contribution in [-0.4, -0.2) is 49.6 Å². The van der Waals surface area contributed by atoms with Crippen molar-refractivity contribution in [3.63, 3.8) is 0 Å². The van der Waals surface area contributed by atoms with Gasteiger partial charge in [-0.05, 0) is 25.3 Å². The van der Waals surface area contributed by atoms with Crippen LogP contribution in [0.1, 0.15) is 31.6 Å². The normalized spacial score (nSPS) is 13.8. The lowest BCUT2D eigenvalue weighted by Crippen LogP contribution is -2.40. The summed E-state index contributed by atoms with van der Waals surface area (Å²) in [5, 5.41) is 4.36. The molecule has 2 aromatic rings. The first kappa shape index (κ1) is 21.6. The predicted octanol–water partition coefficient (Wildman–Crippen LogP) is 3.83. The molecule has 6 nitrogen and oxygen atoms in total. The Morgan fingerprint density at radius 3 is 2.68 bits per heavy atom. The van der Waals surface area contributed by atoms with Crippen molar-refractivity contribution in [1.82, 2.24) is 14.0 Å². The van der Waals surface area contributed by atoms with Crippen LogP contribution in [-0.2, 0) is 16.6 Å². The fraction of sp³-hybridized carbons (Fsp3) is 0.526. The minimum Gasteiger partial charge on any atom is -0.361 e. The molecule has 0 saturated carbocycles. The Morgan fingerprint density at radius 2 is 1.89 bits per heavy atom. The van der Waals surface area contributed by atoms with Crippen LogP contribution in [0.15, 0.2) is 29.2 Å². The number of hydrogen-bond donors (Lipinski definition) is 2.